The molecule has 0 aromatic carbocycles. The molecule has 1 aromatic rings. The van der Waals surface area contributed by atoms with E-state index < -0.39 is 17.5 Å². The average Bonchev–Trinajstić information content (AvgIpc) is 2.72. The summed E-state index contributed by atoms with van der Waals surface area (Å²) in [6.45, 7) is 5.42. The normalized spacial score (nSPS) is 20.5. The summed E-state index contributed by atoms with van der Waals surface area (Å²) < 4.78 is 0. The standard InChI is InChI=1S/C16H21ClN4O3/c1-10(2)6-7-16(3)14(23)21(15(24)20-16)9-12(22)19-11-5-4-8-18-13(11)17/h4-5,8,10H,6-7,9H2,1-3H3,(H,19,22)(H,20,24)/t16-/m0/s1. The van der Waals surface area contributed by atoms with E-state index in [1.54, 1.807) is 19.1 Å². The van der Waals surface area contributed by atoms with Crippen LogP contribution in [0.25, 0.3) is 0 Å². The molecule has 1 saturated heterocycles. The van der Waals surface area contributed by atoms with Gasteiger partial charge in [-0.05, 0) is 37.8 Å². The number of hydrogen-bond acceptors (Lipinski definition) is 4. The molecule has 0 saturated carbocycles. The smallest absolute Gasteiger partial charge is 0.323 e. The number of anilines is 1. The van der Waals surface area contributed by atoms with E-state index in [2.05, 4.69) is 15.6 Å². The van der Waals surface area contributed by atoms with Crippen molar-refractivity contribution in [2.24, 2.45) is 5.92 Å². The van der Waals surface area contributed by atoms with Crippen molar-refractivity contribution in [2.45, 2.75) is 39.2 Å². The molecule has 24 heavy (non-hydrogen) atoms. The maximum Gasteiger partial charge on any atom is 0.325 e. The van der Waals surface area contributed by atoms with Crippen LogP contribution < -0.4 is 10.6 Å². The van der Waals surface area contributed by atoms with Gasteiger partial charge in [0.15, 0.2) is 5.15 Å². The van der Waals surface area contributed by atoms with Gasteiger partial charge < -0.3 is 10.6 Å². The number of aromatic nitrogens is 1. The van der Waals surface area contributed by atoms with E-state index in [9.17, 15) is 14.4 Å². The van der Waals surface area contributed by atoms with Gasteiger partial charge in [-0.2, -0.15) is 0 Å². The van der Waals surface area contributed by atoms with Crippen LogP contribution in [0.2, 0.25) is 5.15 Å². The molecule has 1 aromatic heterocycles. The van der Waals surface area contributed by atoms with Crippen LogP contribution in [0.1, 0.15) is 33.6 Å². The van der Waals surface area contributed by atoms with Crippen molar-refractivity contribution in [3.8, 4) is 0 Å². The van der Waals surface area contributed by atoms with Crippen molar-refractivity contribution in [2.75, 3.05) is 11.9 Å². The fourth-order valence-electron chi connectivity index (χ4n) is 2.45. The second-order valence-electron chi connectivity index (χ2n) is 6.48. The van der Waals surface area contributed by atoms with Gasteiger partial charge in [0.25, 0.3) is 5.91 Å². The van der Waals surface area contributed by atoms with Crippen molar-refractivity contribution in [1.82, 2.24) is 15.2 Å². The molecule has 1 aliphatic heterocycles. The number of amides is 4. The quantitative estimate of drug-likeness (QED) is 0.607. The van der Waals surface area contributed by atoms with Crippen LogP contribution in [-0.4, -0.2) is 39.8 Å². The molecule has 130 valence electrons. The summed E-state index contributed by atoms with van der Waals surface area (Å²) in [5.41, 5.74) is -0.632. The Labute approximate surface area is 145 Å². The number of imide groups is 1. The molecule has 2 rings (SSSR count). The van der Waals surface area contributed by atoms with Crippen LogP contribution in [0.15, 0.2) is 18.3 Å². The molecule has 2 heterocycles. The van der Waals surface area contributed by atoms with Crippen LogP contribution >= 0.6 is 11.6 Å². The van der Waals surface area contributed by atoms with E-state index >= 15 is 0 Å². The van der Waals surface area contributed by atoms with Gasteiger partial charge in [0, 0.05) is 6.20 Å². The Bertz CT molecular complexity index is 664. The largest absolute Gasteiger partial charge is 0.325 e. The minimum absolute atomic E-state index is 0.143. The highest BCUT2D eigenvalue weighted by atomic mass is 35.5. The highest BCUT2D eigenvalue weighted by molar-refractivity contribution is 6.32. The Kier molecular flexibility index (Phi) is 5.43. The lowest BCUT2D eigenvalue weighted by Gasteiger charge is -2.22. The first-order valence-corrected chi connectivity index (χ1v) is 8.15. The summed E-state index contributed by atoms with van der Waals surface area (Å²) >= 11 is 5.87. The molecular weight excluding hydrogens is 332 g/mol. The maximum absolute atomic E-state index is 12.5. The predicted molar refractivity (Wildman–Crippen MR) is 90.6 cm³/mol. The van der Waals surface area contributed by atoms with E-state index in [0.717, 1.165) is 11.3 Å². The molecule has 0 bridgehead atoms. The SMILES string of the molecule is CC(C)CC[C@]1(C)NC(=O)N(CC(=O)Nc2cccnc2Cl)C1=O. The third kappa shape index (κ3) is 4.03. The van der Waals surface area contributed by atoms with Gasteiger partial charge >= 0.3 is 6.03 Å². The first-order chi connectivity index (χ1) is 11.2. The molecule has 7 nitrogen and oxygen atoms in total. The number of halogens is 1. The number of nitrogens with zero attached hydrogens (tertiary/aromatic N) is 2. The summed E-state index contributed by atoms with van der Waals surface area (Å²) in [5, 5.41) is 5.38. The molecular formula is C16H21ClN4O3. The fourth-order valence-corrected chi connectivity index (χ4v) is 2.62. The zero-order valence-corrected chi connectivity index (χ0v) is 14.7. The minimum Gasteiger partial charge on any atom is -0.323 e. The summed E-state index contributed by atoms with van der Waals surface area (Å²) in [6.07, 6.45) is 2.82. The van der Waals surface area contributed by atoms with Crippen molar-refractivity contribution >= 4 is 35.1 Å². The maximum atomic E-state index is 12.5. The molecule has 1 atom stereocenters. The van der Waals surface area contributed by atoms with Crippen LogP contribution in [-0.2, 0) is 9.59 Å². The Morgan fingerprint density at radius 1 is 1.46 bits per heavy atom. The molecule has 0 radical (unpaired) electrons. The van der Waals surface area contributed by atoms with Gasteiger partial charge in [-0.1, -0.05) is 25.4 Å². The van der Waals surface area contributed by atoms with Gasteiger partial charge in [-0.3, -0.25) is 14.5 Å². The molecule has 1 fully saturated rings. The topological polar surface area (TPSA) is 91.4 Å². The van der Waals surface area contributed by atoms with Gasteiger partial charge in [0.1, 0.15) is 12.1 Å². The third-order valence-corrected chi connectivity index (χ3v) is 4.20. The number of pyridine rings is 1. The van der Waals surface area contributed by atoms with Crippen LogP contribution in [0, 0.1) is 5.92 Å². The first-order valence-electron chi connectivity index (χ1n) is 7.77. The number of nitrogens with one attached hydrogen (secondary N) is 2. The van der Waals surface area contributed by atoms with E-state index in [0.29, 0.717) is 18.0 Å². The molecule has 4 amide bonds. The van der Waals surface area contributed by atoms with Gasteiger partial charge in [0.2, 0.25) is 5.91 Å². The van der Waals surface area contributed by atoms with Crippen LogP contribution in [0.3, 0.4) is 0 Å². The van der Waals surface area contributed by atoms with E-state index in [-0.39, 0.29) is 17.6 Å². The van der Waals surface area contributed by atoms with Gasteiger partial charge in [0.05, 0.1) is 5.69 Å². The van der Waals surface area contributed by atoms with Crippen molar-refractivity contribution in [1.29, 1.82) is 0 Å². The molecule has 8 heteroatoms. The Morgan fingerprint density at radius 2 is 2.17 bits per heavy atom. The first kappa shape index (κ1) is 18.2. The van der Waals surface area contributed by atoms with Gasteiger partial charge in [-0.15, -0.1) is 0 Å². The minimum atomic E-state index is -0.965. The highest BCUT2D eigenvalue weighted by Gasteiger charge is 2.47. The predicted octanol–water partition coefficient (Wildman–Crippen LogP) is 2.42. The van der Waals surface area contributed by atoms with E-state index in [4.69, 9.17) is 11.6 Å². The van der Waals surface area contributed by atoms with E-state index in [1.807, 2.05) is 13.8 Å². The highest BCUT2D eigenvalue weighted by Crippen LogP contribution is 2.25. The van der Waals surface area contributed by atoms with Gasteiger partial charge in [-0.25, -0.2) is 9.78 Å². The molecule has 1 aliphatic rings. The number of carbonyl (C=O) groups excluding carboxylic acids is 3. The average molecular weight is 353 g/mol. The Hall–Kier alpha value is -2.15. The second kappa shape index (κ2) is 7.17. The number of carbonyl (C=O) groups is 3. The zero-order chi connectivity index (χ0) is 17.9. The Balaban J connectivity index is 2.02. The molecule has 0 unspecified atom stereocenters. The Morgan fingerprint density at radius 3 is 2.79 bits per heavy atom. The molecule has 0 aliphatic carbocycles. The molecule has 0 spiro atoms. The summed E-state index contributed by atoms with van der Waals surface area (Å²) in [7, 11) is 0. The van der Waals surface area contributed by atoms with Crippen LogP contribution in [0.5, 0.6) is 0 Å². The van der Waals surface area contributed by atoms with Crippen LogP contribution in [0.4, 0.5) is 10.5 Å². The number of urea groups is 1. The van der Waals surface area contributed by atoms with Crippen molar-refractivity contribution in [3.63, 3.8) is 0 Å². The number of rotatable bonds is 6. The zero-order valence-electron chi connectivity index (χ0n) is 13.9. The summed E-state index contributed by atoms with van der Waals surface area (Å²) in [5.74, 6) is -0.487. The second-order valence-corrected chi connectivity index (χ2v) is 6.83. The number of hydrogen-bond donors (Lipinski definition) is 2. The summed E-state index contributed by atoms with van der Waals surface area (Å²) in [6, 6.07) is 2.66. The summed E-state index contributed by atoms with van der Waals surface area (Å²) in [4.78, 5) is 41.5. The molecule has 2 N–H and O–H groups in total. The lowest BCUT2D eigenvalue weighted by atomic mass is 9.92. The van der Waals surface area contributed by atoms with Crippen molar-refractivity contribution in [3.05, 3.63) is 23.5 Å². The lowest BCUT2D eigenvalue weighted by molar-refractivity contribution is -0.133. The van der Waals surface area contributed by atoms with Crippen molar-refractivity contribution < 1.29 is 14.4 Å². The fraction of sp³-hybridized carbons (Fsp3) is 0.500. The monoisotopic (exact) mass is 352 g/mol. The third-order valence-electron chi connectivity index (χ3n) is 3.90. The van der Waals surface area contributed by atoms with E-state index in [1.165, 1.54) is 6.20 Å². The lowest BCUT2D eigenvalue weighted by Crippen LogP contribution is -2.44.